The number of esters is 1. The Morgan fingerprint density at radius 2 is 2.09 bits per heavy atom. The minimum absolute atomic E-state index is 0.0418. The summed E-state index contributed by atoms with van der Waals surface area (Å²) < 4.78 is 23.8. The van der Waals surface area contributed by atoms with E-state index in [-0.39, 0.29) is 18.5 Å². The molecule has 0 radical (unpaired) electrons. The zero-order chi connectivity index (χ0) is 23.8. The van der Waals surface area contributed by atoms with Crippen molar-refractivity contribution in [2.24, 2.45) is 0 Å². The average molecular weight is 487 g/mol. The summed E-state index contributed by atoms with van der Waals surface area (Å²) in [6.07, 6.45) is 4.29. The highest BCUT2D eigenvalue weighted by molar-refractivity contribution is 7.58. The van der Waals surface area contributed by atoms with Crippen molar-refractivity contribution < 1.29 is 33.3 Å². The van der Waals surface area contributed by atoms with Crippen LogP contribution in [0.25, 0.3) is 0 Å². The standard InChI is InChI=1S/C20H31N4O8P/c1-12(17(25)30-13-7-5-3-4-6-8-13)23-33(28)29-11-14-16(32-33)20(2,27)18(31-14)24-10-9-15(21)22-19(24)26/h9-10,12-14,16,18,23,27-28H,3-8,11H2,1-2H3,(H-,21,22,26)/p+1/t12-,14+,16+,18+,20+,33?/m0/s1. The van der Waals surface area contributed by atoms with Gasteiger partial charge in [-0.3, -0.25) is 9.36 Å². The van der Waals surface area contributed by atoms with Crippen molar-refractivity contribution in [3.05, 3.63) is 22.7 Å². The molecule has 2 aliphatic heterocycles. The molecule has 6 atom stereocenters. The van der Waals surface area contributed by atoms with Crippen LogP contribution in [0.1, 0.15) is 58.6 Å². The molecule has 0 aromatic carbocycles. The largest absolute Gasteiger partial charge is 0.500 e. The topological polar surface area (TPSA) is 167 Å². The molecule has 4 rings (SSSR count). The van der Waals surface area contributed by atoms with Crippen molar-refractivity contribution in [3.8, 4) is 0 Å². The summed E-state index contributed by atoms with van der Waals surface area (Å²) in [5.74, 6) is -0.462. The maximum atomic E-state index is 12.6. The van der Waals surface area contributed by atoms with Crippen LogP contribution < -0.4 is 16.5 Å². The minimum Gasteiger partial charge on any atom is -0.461 e. The second-order valence-corrected chi connectivity index (χ2v) is 10.8. The Labute approximate surface area is 192 Å². The summed E-state index contributed by atoms with van der Waals surface area (Å²) in [5.41, 5.74) is 3.13. The highest BCUT2D eigenvalue weighted by Crippen LogP contribution is 2.61. The highest BCUT2D eigenvalue weighted by Gasteiger charge is 2.65. The third-order valence-corrected chi connectivity index (χ3v) is 8.01. The monoisotopic (exact) mass is 487 g/mol. The fourth-order valence-electron chi connectivity index (χ4n) is 4.49. The highest BCUT2D eigenvalue weighted by atomic mass is 31.2. The van der Waals surface area contributed by atoms with Crippen molar-refractivity contribution in [1.29, 1.82) is 0 Å². The van der Waals surface area contributed by atoms with Gasteiger partial charge in [0, 0.05) is 6.20 Å². The maximum Gasteiger partial charge on any atom is 0.500 e. The van der Waals surface area contributed by atoms with Crippen molar-refractivity contribution in [2.45, 2.75) is 88.6 Å². The van der Waals surface area contributed by atoms with E-state index in [0.29, 0.717) is 0 Å². The third kappa shape index (κ3) is 5.22. The lowest BCUT2D eigenvalue weighted by molar-refractivity contribution is -0.151. The zero-order valence-corrected chi connectivity index (χ0v) is 19.6. The molecule has 0 bridgehead atoms. The maximum absolute atomic E-state index is 12.6. The van der Waals surface area contributed by atoms with Crippen LogP contribution in [0.4, 0.5) is 5.82 Å². The average Bonchev–Trinajstić information content (AvgIpc) is 2.90. The van der Waals surface area contributed by atoms with Gasteiger partial charge in [-0.1, -0.05) is 12.8 Å². The number of aliphatic hydroxyl groups is 1. The number of nitrogens with one attached hydrogen (secondary N) is 1. The van der Waals surface area contributed by atoms with E-state index >= 15 is 0 Å². The van der Waals surface area contributed by atoms with Crippen LogP contribution >= 0.6 is 8.09 Å². The number of carbonyl (C=O) groups is 1. The van der Waals surface area contributed by atoms with Gasteiger partial charge in [0.15, 0.2) is 12.3 Å². The third-order valence-electron chi connectivity index (χ3n) is 6.29. The first-order valence-electron chi connectivity index (χ1n) is 11.2. The summed E-state index contributed by atoms with van der Waals surface area (Å²) in [6, 6.07) is 0.516. The normalized spacial score (nSPS) is 36.1. The second kappa shape index (κ2) is 9.53. The zero-order valence-electron chi connectivity index (χ0n) is 18.8. The number of carbonyl (C=O) groups excluding carboxylic acids is 1. The van der Waals surface area contributed by atoms with Gasteiger partial charge in [0.05, 0.1) is 0 Å². The van der Waals surface area contributed by atoms with Crippen molar-refractivity contribution in [1.82, 2.24) is 14.6 Å². The Bertz CT molecular complexity index is 922. The molecule has 1 aromatic rings. The Kier molecular flexibility index (Phi) is 7.07. The van der Waals surface area contributed by atoms with Gasteiger partial charge >= 0.3 is 19.8 Å². The van der Waals surface area contributed by atoms with Crippen LogP contribution in [0.3, 0.4) is 0 Å². The number of rotatable bonds is 5. The van der Waals surface area contributed by atoms with E-state index in [1.54, 1.807) is 6.92 Å². The van der Waals surface area contributed by atoms with E-state index in [1.807, 2.05) is 0 Å². The molecular formula is C20H32N4O8P+. The van der Waals surface area contributed by atoms with Gasteiger partial charge in [-0.2, -0.15) is 18.9 Å². The molecule has 3 aliphatic rings. The molecule has 2 saturated heterocycles. The summed E-state index contributed by atoms with van der Waals surface area (Å²) in [7, 11) is -3.74. The number of hydrogen-bond donors (Lipinski definition) is 4. The Morgan fingerprint density at radius 1 is 1.39 bits per heavy atom. The van der Waals surface area contributed by atoms with Crippen LogP contribution in [0, 0.1) is 0 Å². The fourth-order valence-corrected chi connectivity index (χ4v) is 6.29. The Hall–Kier alpha value is -1.66. The predicted octanol–water partition coefficient (Wildman–Crippen LogP) is 0.803. The molecule has 0 amide bonds. The first-order chi connectivity index (χ1) is 15.6. The Morgan fingerprint density at radius 3 is 2.76 bits per heavy atom. The molecule has 184 valence electrons. The van der Waals surface area contributed by atoms with Crippen LogP contribution in [0.5, 0.6) is 0 Å². The molecule has 33 heavy (non-hydrogen) atoms. The molecule has 1 saturated carbocycles. The molecule has 1 aliphatic carbocycles. The molecule has 3 heterocycles. The summed E-state index contributed by atoms with van der Waals surface area (Å²) in [5, 5.41) is 13.9. The first-order valence-corrected chi connectivity index (χ1v) is 12.8. The molecule has 3 fully saturated rings. The van der Waals surface area contributed by atoms with Gasteiger partial charge in [0.25, 0.3) is 0 Å². The second-order valence-electron chi connectivity index (χ2n) is 9.04. The van der Waals surface area contributed by atoms with Gasteiger partial charge in [0.1, 0.15) is 36.3 Å². The minimum atomic E-state index is -3.74. The summed E-state index contributed by atoms with van der Waals surface area (Å²) >= 11 is 0. The van der Waals surface area contributed by atoms with Gasteiger partial charge in [-0.05, 0) is 45.6 Å². The number of fused-ring (bicyclic) bond motifs is 1. The van der Waals surface area contributed by atoms with Gasteiger partial charge < -0.3 is 20.3 Å². The lowest BCUT2D eigenvalue weighted by Crippen LogP contribution is -2.51. The number of nitrogen functional groups attached to an aromatic ring is 1. The lowest BCUT2D eigenvalue weighted by Gasteiger charge is -2.33. The van der Waals surface area contributed by atoms with Crippen molar-refractivity contribution in [3.63, 3.8) is 0 Å². The molecule has 1 unspecified atom stereocenters. The van der Waals surface area contributed by atoms with Gasteiger partial charge in [0.2, 0.25) is 0 Å². The van der Waals surface area contributed by atoms with E-state index in [4.69, 9.17) is 24.3 Å². The smallest absolute Gasteiger partial charge is 0.461 e. The molecule has 1 aromatic heterocycles. The van der Waals surface area contributed by atoms with E-state index < -0.39 is 49.8 Å². The SMILES string of the molecule is C[C@H](N[P+]1(O)OC[C@H]2O[C@@H](n3ccc(N)nc3=O)[C@](C)(O)[C@@H]2O1)C(=O)OC1CCCCCC1. The number of hydrogen-bond acceptors (Lipinski definition) is 11. The molecule has 0 spiro atoms. The molecule has 5 N–H and O–H groups in total. The summed E-state index contributed by atoms with van der Waals surface area (Å²) in [4.78, 5) is 39.4. The van der Waals surface area contributed by atoms with Crippen LogP contribution in [-0.4, -0.2) is 62.1 Å². The number of ether oxygens (including phenoxy) is 2. The first kappa shape index (κ1) is 24.5. The molecule has 12 nitrogen and oxygen atoms in total. The Balaban J connectivity index is 1.42. The fraction of sp³-hybridized carbons (Fsp3) is 0.750. The van der Waals surface area contributed by atoms with Gasteiger partial charge in [-0.25, -0.2) is 4.79 Å². The predicted molar refractivity (Wildman–Crippen MR) is 118 cm³/mol. The number of anilines is 1. The van der Waals surface area contributed by atoms with E-state index in [9.17, 15) is 19.6 Å². The number of nitrogens with two attached hydrogens (primary N) is 1. The van der Waals surface area contributed by atoms with Crippen LogP contribution in [0.2, 0.25) is 0 Å². The van der Waals surface area contributed by atoms with Crippen molar-refractivity contribution >= 4 is 19.9 Å². The number of nitrogens with zero attached hydrogens (tertiary/aromatic N) is 2. The summed E-state index contributed by atoms with van der Waals surface area (Å²) in [6.45, 7) is 2.88. The van der Waals surface area contributed by atoms with Crippen molar-refractivity contribution in [2.75, 3.05) is 12.3 Å². The van der Waals surface area contributed by atoms with Crippen LogP contribution in [0.15, 0.2) is 17.1 Å². The van der Waals surface area contributed by atoms with E-state index in [1.165, 1.54) is 19.2 Å². The molecule has 13 heteroatoms. The van der Waals surface area contributed by atoms with Gasteiger partial charge in [-0.15, -0.1) is 5.09 Å². The quantitative estimate of drug-likeness (QED) is 0.263. The van der Waals surface area contributed by atoms with E-state index in [2.05, 4.69) is 10.1 Å². The number of aromatic nitrogens is 2. The molecular weight excluding hydrogens is 455 g/mol. The van der Waals surface area contributed by atoms with Crippen LogP contribution in [-0.2, 0) is 23.3 Å². The van der Waals surface area contributed by atoms with E-state index in [0.717, 1.165) is 43.1 Å². The lowest BCUT2D eigenvalue weighted by atomic mass is 9.96.